The maximum absolute atomic E-state index is 14.7. The van der Waals surface area contributed by atoms with Gasteiger partial charge >= 0.3 is 0 Å². The number of aliphatic hydroxyl groups is 5. The van der Waals surface area contributed by atoms with Gasteiger partial charge in [-0.15, -0.1) is 0 Å². The molecule has 0 aliphatic heterocycles. The Morgan fingerprint density at radius 1 is 0.496 bits per heavy atom. The molecule has 13 N–H and O–H groups in total. The van der Waals surface area contributed by atoms with E-state index in [4.69, 9.17) is 68.8 Å². The molecule has 6 aliphatic carbocycles. The van der Waals surface area contributed by atoms with Gasteiger partial charge in [0, 0.05) is 95.8 Å². The van der Waals surface area contributed by atoms with Gasteiger partial charge in [0.05, 0.1) is 74.9 Å². The summed E-state index contributed by atoms with van der Waals surface area (Å²) in [5.74, 6) is -1.66. The summed E-state index contributed by atoms with van der Waals surface area (Å²) in [6, 6.07) is 9.92. The van der Waals surface area contributed by atoms with Crippen molar-refractivity contribution in [1.29, 1.82) is 0 Å². The number of nitrogens with zero attached hydrogens (tertiary/aromatic N) is 13. The van der Waals surface area contributed by atoms with Crippen molar-refractivity contribution in [3.63, 3.8) is 0 Å². The maximum atomic E-state index is 14.7. The summed E-state index contributed by atoms with van der Waals surface area (Å²) in [4.78, 5) is 61.8. The molecule has 6 aliphatic rings. The average Bonchev–Trinajstić information content (AvgIpc) is 1.60. The van der Waals surface area contributed by atoms with Crippen LogP contribution in [-0.4, -0.2) is 174 Å². The van der Waals surface area contributed by atoms with Gasteiger partial charge in [0.1, 0.15) is 11.4 Å². The molecule has 1 aromatic carbocycles. The molecule has 39 heteroatoms. The van der Waals surface area contributed by atoms with Crippen LogP contribution in [0.25, 0.3) is 44.8 Å². The number of aromatic nitrogens is 14. The number of benzene rings is 1. The molecule has 640 valence electrons. The number of aryl methyl sites for hydroxylation is 1. The van der Waals surface area contributed by atoms with E-state index in [1.807, 2.05) is 13.8 Å². The lowest BCUT2D eigenvalue weighted by molar-refractivity contribution is -0.120. The van der Waals surface area contributed by atoms with E-state index in [0.29, 0.717) is 83.0 Å². The fraction of sp³-hybridized carbons (Fsp3) is 0.487. The Morgan fingerprint density at radius 3 is 1.36 bits per heavy atom. The van der Waals surface area contributed by atoms with Crippen molar-refractivity contribution in [2.24, 2.45) is 5.73 Å². The quantitative estimate of drug-likeness (QED) is 0.0355. The van der Waals surface area contributed by atoms with E-state index in [2.05, 4.69) is 91.4 Å². The number of aliphatic hydroxyl groups excluding tert-OH is 2. The van der Waals surface area contributed by atoms with E-state index >= 15 is 0 Å². The van der Waals surface area contributed by atoms with Crippen LogP contribution in [0.3, 0.4) is 0 Å². The molecule has 6 fully saturated rings. The SMILES string of the molecule is CC1(O)CCCC(Nc2nc(-c3c[nH]c4ncc(Cl)cc34)ncc2F)C1.CC1(O)CCCC(Nc2nc(Cl)ncc2F)C1.Cc1ccc(S(=O)(=O)n2cc(-c3ncc(F)c(NC4CCCC(C)(O)C4)n3)c3cc(Cl)cnc32)cc1.N[C@H]1CCCC(O)C1.O=C1CCCC(Nc2nc(Cl)ncc2F)C1.OC1CCCC(Nc2nc(Cl)ncc2F)C1. The van der Waals surface area contributed by atoms with Gasteiger partial charge in [0.25, 0.3) is 10.0 Å². The van der Waals surface area contributed by atoms with Crippen molar-refractivity contribution < 1.29 is 60.7 Å². The second kappa shape index (κ2) is 40.9. The van der Waals surface area contributed by atoms with Crippen LogP contribution in [0.4, 0.5) is 51.0 Å². The summed E-state index contributed by atoms with van der Waals surface area (Å²) in [6.45, 7) is 7.24. The van der Waals surface area contributed by atoms with Crippen molar-refractivity contribution in [3.05, 3.63) is 153 Å². The number of nitrogens with two attached hydrogens (primary N) is 1. The molecule has 0 amide bonds. The van der Waals surface area contributed by atoms with Crippen LogP contribution in [-0.2, 0) is 14.8 Å². The van der Waals surface area contributed by atoms with Crippen molar-refractivity contribution in [2.45, 2.75) is 252 Å². The van der Waals surface area contributed by atoms with Gasteiger partial charge in [-0.3, -0.25) is 4.79 Å². The minimum absolute atomic E-state index is 0.00830. The van der Waals surface area contributed by atoms with Gasteiger partial charge in [-0.05, 0) is 228 Å². The smallest absolute Gasteiger partial charge is 0.269 e. The molecule has 10 unspecified atom stereocenters. The van der Waals surface area contributed by atoms with E-state index in [9.17, 15) is 55.6 Å². The highest BCUT2D eigenvalue weighted by atomic mass is 35.5. The first-order valence-electron chi connectivity index (χ1n) is 39.3. The fourth-order valence-electron chi connectivity index (χ4n) is 15.3. The molecule has 9 aromatic heterocycles. The first-order chi connectivity index (χ1) is 56.5. The van der Waals surface area contributed by atoms with Gasteiger partial charge in [-0.1, -0.05) is 40.9 Å². The number of aromatic amines is 1. The molecule has 0 bridgehead atoms. The molecule has 16 rings (SSSR count). The highest BCUT2D eigenvalue weighted by Crippen LogP contribution is 2.38. The Morgan fingerprint density at radius 2 is 0.908 bits per heavy atom. The standard InChI is InChI=1S/C25H25ClFN5O3S.C18H19ClFN5O.C11H15ClFN3O.C10H13ClFN3O.C10H11ClFN3O.C6H13NO/c1-15-5-7-18(8-6-15)36(34,35)32-14-20(19-10-16(26)12-29-24(19)32)22-28-13-21(27)23(31-22)30-17-4-3-9-25(2,33)11-17;1-18(26)4-2-3-11(6-18)24-17-14(20)9-23-16(25-17)13-8-22-15-12(13)5-10(19)7-21-15;1-11(17)4-2-3-7(5-11)15-9-8(13)6-14-10(12)16-9;2*11-10-13-5-8(12)9(15-10)14-6-2-1-3-7(16)4-6;7-5-2-1-3-6(8)4-5/h5-8,10,12-14,17,33H,3-4,9,11H2,1-2H3,(H,28,30,31);5,7-9,11,26H,2-4,6H2,1H3,(H,21,22)(H,23,24,25);6-7,17H,2-5H2,1H3,(H,14,15,16);5-7,16H,1-4H2,(H,13,14,15);5-6H,1-4H2,(H,13,14,15);5-6,8H,1-4,7H2/t;;;;;5-,6?/m.....0/s1. The first kappa shape index (κ1) is 91.2. The van der Waals surface area contributed by atoms with E-state index < -0.39 is 55.9 Å². The highest BCUT2D eigenvalue weighted by Gasteiger charge is 2.35. The number of fused-ring (bicyclic) bond motifs is 2. The lowest BCUT2D eigenvalue weighted by Gasteiger charge is -2.34. The zero-order chi connectivity index (χ0) is 85.5. The Kier molecular flexibility index (Phi) is 31.4. The predicted octanol–water partition coefficient (Wildman–Crippen LogP) is 15.7. The van der Waals surface area contributed by atoms with E-state index in [-0.39, 0.29) is 116 Å². The number of carbonyl (C=O) groups is 1. The van der Waals surface area contributed by atoms with Crippen LogP contribution in [0, 0.1) is 36.0 Å². The van der Waals surface area contributed by atoms with Crippen LogP contribution in [0.15, 0.2) is 97.1 Å². The second-order valence-corrected chi connectivity index (χ2v) is 35.4. The second-order valence-electron chi connectivity index (χ2n) is 31.7. The molecule has 0 saturated heterocycles. The lowest BCUT2D eigenvalue weighted by atomic mass is 9.83. The summed E-state index contributed by atoms with van der Waals surface area (Å²) in [6.07, 6.45) is 29.7. The number of hydrogen-bond acceptors (Lipinski definition) is 26. The zero-order valence-electron chi connectivity index (χ0n) is 65.8. The Labute approximate surface area is 709 Å². The van der Waals surface area contributed by atoms with Crippen LogP contribution >= 0.6 is 58.0 Å². The minimum atomic E-state index is -4.00. The highest BCUT2D eigenvalue weighted by molar-refractivity contribution is 7.90. The number of rotatable bonds is 14. The number of carbonyl (C=O) groups excluding carboxylic acids is 1. The van der Waals surface area contributed by atoms with Crippen molar-refractivity contribution in [2.75, 3.05) is 26.6 Å². The number of halogens is 10. The average molecular weight is 1770 g/mol. The summed E-state index contributed by atoms with van der Waals surface area (Å²) in [5, 5.41) is 66.1. The number of hydrogen-bond donors (Lipinski definition) is 12. The number of pyridine rings is 2. The van der Waals surface area contributed by atoms with Gasteiger partial charge in [-0.2, -0.15) is 15.0 Å². The van der Waals surface area contributed by atoms with Crippen LogP contribution in [0.2, 0.25) is 25.9 Å². The topological polar surface area (TPSA) is 414 Å². The van der Waals surface area contributed by atoms with Gasteiger partial charge < -0.3 is 62.8 Å². The third kappa shape index (κ3) is 26.3. The predicted molar refractivity (Wildman–Crippen MR) is 447 cm³/mol. The molecule has 28 nitrogen and oxygen atoms in total. The fourth-order valence-corrected chi connectivity index (χ4v) is 17.4. The van der Waals surface area contributed by atoms with E-state index in [0.717, 1.165) is 155 Å². The van der Waals surface area contributed by atoms with Gasteiger partial charge in [0.2, 0.25) is 15.9 Å². The first-order valence-corrected chi connectivity index (χ1v) is 42.7. The maximum Gasteiger partial charge on any atom is 0.269 e. The number of Topliss-reactive ketones (excluding diaryl/α,β-unsaturated/α-hetero) is 1. The monoisotopic (exact) mass is 1770 g/mol. The van der Waals surface area contributed by atoms with Crippen molar-refractivity contribution in [1.82, 2.24) is 68.8 Å². The summed E-state index contributed by atoms with van der Waals surface area (Å²) >= 11 is 29.0. The number of nitrogens with one attached hydrogen (secondary N) is 6. The van der Waals surface area contributed by atoms with Gasteiger partial charge in [-0.25, -0.2) is 79.2 Å². The summed E-state index contributed by atoms with van der Waals surface area (Å²) in [5.41, 5.74) is 6.10. The molecular formula is C80H96Cl5F5N20O8S. The van der Waals surface area contributed by atoms with Crippen LogP contribution in [0.5, 0.6) is 0 Å². The molecule has 9 heterocycles. The number of ketones is 1. The Balaban J connectivity index is 0.000000148. The van der Waals surface area contributed by atoms with Gasteiger partial charge in [0.15, 0.2) is 75.5 Å². The van der Waals surface area contributed by atoms with Crippen molar-refractivity contribution >= 4 is 125 Å². The Bertz CT molecular complexity index is 5240. The normalized spacial score (nSPS) is 24.4. The molecular weight excluding hydrogens is 1670 g/mol. The molecule has 11 atom stereocenters. The van der Waals surface area contributed by atoms with Crippen LogP contribution < -0.4 is 32.3 Å². The lowest BCUT2D eigenvalue weighted by Crippen LogP contribution is -2.38. The zero-order valence-corrected chi connectivity index (χ0v) is 70.4. The minimum Gasteiger partial charge on any atom is -0.393 e. The summed E-state index contributed by atoms with van der Waals surface area (Å²) in [7, 11) is -4.00. The Hall–Kier alpha value is -8.52. The number of anilines is 5. The number of H-pyrrole nitrogens is 1. The molecule has 0 radical (unpaired) electrons. The third-order valence-corrected chi connectivity index (χ3v) is 23.8. The molecule has 119 heavy (non-hydrogen) atoms. The molecule has 0 spiro atoms. The largest absolute Gasteiger partial charge is 0.393 e. The molecule has 10 aromatic rings. The van der Waals surface area contributed by atoms with Crippen LogP contribution in [0.1, 0.15) is 180 Å². The van der Waals surface area contributed by atoms with E-state index in [1.54, 1.807) is 50.5 Å². The summed E-state index contributed by atoms with van der Waals surface area (Å²) < 4.78 is 97.0. The van der Waals surface area contributed by atoms with E-state index in [1.165, 1.54) is 24.5 Å². The molecule has 6 saturated carbocycles. The van der Waals surface area contributed by atoms with Crippen molar-refractivity contribution in [3.8, 4) is 22.8 Å². The third-order valence-electron chi connectivity index (χ3n) is 21.2.